The van der Waals surface area contributed by atoms with E-state index in [0.29, 0.717) is 13.0 Å². The molecule has 0 aliphatic carbocycles. The Morgan fingerprint density at radius 2 is 2.12 bits per heavy atom. The van der Waals surface area contributed by atoms with E-state index in [9.17, 15) is 9.90 Å². The van der Waals surface area contributed by atoms with Crippen LogP contribution in [0.25, 0.3) is 0 Å². The molecule has 4 heteroatoms. The number of rotatable bonds is 3. The largest absolute Gasteiger partial charge is 0.396 e. The predicted octanol–water partition coefficient (Wildman–Crippen LogP) is 1.37. The molecule has 1 fully saturated rings. The second-order valence-corrected chi connectivity index (χ2v) is 4.43. The molecule has 1 amide bonds. The Bertz CT molecular complexity index is 420. The second kappa shape index (κ2) is 4.75. The molecule has 1 atom stereocenters. The minimum Gasteiger partial charge on any atom is -0.396 e. The van der Waals surface area contributed by atoms with Gasteiger partial charge in [-0.25, -0.2) is 0 Å². The van der Waals surface area contributed by atoms with Gasteiger partial charge in [0.1, 0.15) is 0 Å². The fraction of sp³-hybridized carbons (Fsp3) is 0.462. The van der Waals surface area contributed by atoms with Crippen molar-refractivity contribution in [1.29, 1.82) is 0 Å². The van der Waals surface area contributed by atoms with E-state index in [1.54, 1.807) is 12.1 Å². The first-order valence-electron chi connectivity index (χ1n) is 5.89. The first-order chi connectivity index (χ1) is 8.15. The van der Waals surface area contributed by atoms with Crippen LogP contribution in [0.4, 0.5) is 5.69 Å². The third-order valence-corrected chi connectivity index (χ3v) is 3.28. The zero-order chi connectivity index (χ0) is 12.4. The Morgan fingerprint density at radius 3 is 2.71 bits per heavy atom. The summed E-state index contributed by atoms with van der Waals surface area (Å²) in [6.07, 6.45) is 0.554. The van der Waals surface area contributed by atoms with Crippen molar-refractivity contribution in [3.05, 3.63) is 29.8 Å². The zero-order valence-electron chi connectivity index (χ0n) is 10.3. The quantitative estimate of drug-likeness (QED) is 0.859. The van der Waals surface area contributed by atoms with Gasteiger partial charge in [-0.3, -0.25) is 14.8 Å². The number of nitrogens with zero attached hydrogens (tertiary/aromatic N) is 2. The number of carbonyl (C=O) groups excluding carboxylic acids is 1. The summed E-state index contributed by atoms with van der Waals surface area (Å²) in [5, 5.41) is 12.9. The summed E-state index contributed by atoms with van der Waals surface area (Å²) in [5.74, 6) is 0.215. The van der Waals surface area contributed by atoms with Crippen molar-refractivity contribution in [2.75, 3.05) is 25.2 Å². The lowest BCUT2D eigenvalue weighted by Gasteiger charge is -2.29. The average molecular weight is 234 g/mol. The first kappa shape index (κ1) is 11.9. The Hall–Kier alpha value is -1.55. The van der Waals surface area contributed by atoms with Crippen molar-refractivity contribution in [1.82, 2.24) is 5.01 Å². The van der Waals surface area contributed by atoms with Crippen molar-refractivity contribution >= 4 is 11.6 Å². The smallest absolute Gasteiger partial charge is 0.242 e. The third kappa shape index (κ3) is 2.13. The maximum Gasteiger partial charge on any atom is 0.242 e. The fourth-order valence-electron chi connectivity index (χ4n) is 2.17. The van der Waals surface area contributed by atoms with Crippen LogP contribution in [0.3, 0.4) is 0 Å². The topological polar surface area (TPSA) is 43.8 Å². The molecule has 1 unspecified atom stereocenters. The zero-order valence-corrected chi connectivity index (χ0v) is 10.3. The van der Waals surface area contributed by atoms with E-state index in [1.807, 2.05) is 36.2 Å². The van der Waals surface area contributed by atoms with Crippen molar-refractivity contribution in [2.45, 2.75) is 19.3 Å². The van der Waals surface area contributed by atoms with Gasteiger partial charge in [0, 0.05) is 32.5 Å². The van der Waals surface area contributed by atoms with Crippen LogP contribution in [0.5, 0.6) is 0 Å². The van der Waals surface area contributed by atoms with E-state index in [1.165, 1.54) is 0 Å². The standard InChI is InChI=1S/C13H18N2O2/c1-10(9-16)11-5-3-4-6-12(11)15-8-7-13(17)14(15)2/h3-6,10,16H,7-9H2,1-2H3. The second-order valence-electron chi connectivity index (χ2n) is 4.43. The summed E-state index contributed by atoms with van der Waals surface area (Å²) in [7, 11) is 1.79. The number of carbonyl (C=O) groups is 1. The number of anilines is 1. The average Bonchev–Trinajstić information content (AvgIpc) is 2.69. The van der Waals surface area contributed by atoms with Gasteiger partial charge in [-0.15, -0.1) is 0 Å². The number of aliphatic hydroxyl groups is 1. The molecule has 1 aliphatic rings. The van der Waals surface area contributed by atoms with Crippen LogP contribution in [0.1, 0.15) is 24.8 Å². The fourth-order valence-corrected chi connectivity index (χ4v) is 2.17. The van der Waals surface area contributed by atoms with E-state index in [2.05, 4.69) is 0 Å². The summed E-state index contributed by atoms with van der Waals surface area (Å²) < 4.78 is 0. The highest BCUT2D eigenvalue weighted by molar-refractivity contribution is 5.82. The van der Waals surface area contributed by atoms with Gasteiger partial charge in [-0.2, -0.15) is 0 Å². The number of amides is 1. The van der Waals surface area contributed by atoms with Crippen LogP contribution in [-0.2, 0) is 4.79 Å². The Balaban J connectivity index is 2.35. The molecular formula is C13H18N2O2. The lowest BCUT2D eigenvalue weighted by Crippen LogP contribution is -2.36. The Labute approximate surface area is 101 Å². The van der Waals surface area contributed by atoms with E-state index >= 15 is 0 Å². The molecular weight excluding hydrogens is 216 g/mol. The Morgan fingerprint density at radius 1 is 1.41 bits per heavy atom. The molecule has 0 bridgehead atoms. The lowest BCUT2D eigenvalue weighted by molar-refractivity contribution is -0.126. The molecule has 17 heavy (non-hydrogen) atoms. The van der Waals surface area contributed by atoms with Crippen molar-refractivity contribution in [3.63, 3.8) is 0 Å². The summed E-state index contributed by atoms with van der Waals surface area (Å²) in [6, 6.07) is 7.92. The minimum absolute atomic E-state index is 0.0790. The third-order valence-electron chi connectivity index (χ3n) is 3.28. The van der Waals surface area contributed by atoms with Gasteiger partial charge in [0.2, 0.25) is 5.91 Å². The van der Waals surface area contributed by atoms with Gasteiger partial charge in [-0.1, -0.05) is 25.1 Å². The molecule has 0 spiro atoms. The van der Waals surface area contributed by atoms with E-state index < -0.39 is 0 Å². The summed E-state index contributed by atoms with van der Waals surface area (Å²) >= 11 is 0. The molecule has 1 N–H and O–H groups in total. The van der Waals surface area contributed by atoms with Crippen LogP contribution >= 0.6 is 0 Å². The summed E-state index contributed by atoms with van der Waals surface area (Å²) in [5.41, 5.74) is 2.10. The van der Waals surface area contributed by atoms with Crippen molar-refractivity contribution < 1.29 is 9.90 Å². The molecule has 2 rings (SSSR count). The van der Waals surface area contributed by atoms with Gasteiger partial charge in [0.15, 0.2) is 0 Å². The molecule has 0 saturated carbocycles. The van der Waals surface area contributed by atoms with Crippen LogP contribution in [0.2, 0.25) is 0 Å². The minimum atomic E-state index is 0.0790. The van der Waals surface area contributed by atoms with Gasteiger partial charge >= 0.3 is 0 Å². The van der Waals surface area contributed by atoms with Crippen LogP contribution < -0.4 is 5.01 Å². The van der Waals surface area contributed by atoms with E-state index in [0.717, 1.165) is 11.3 Å². The number of hydrogen-bond donors (Lipinski definition) is 1. The van der Waals surface area contributed by atoms with Gasteiger partial charge < -0.3 is 5.11 Å². The molecule has 1 heterocycles. The molecule has 0 radical (unpaired) electrons. The summed E-state index contributed by atoms with van der Waals surface area (Å²) in [4.78, 5) is 11.5. The molecule has 92 valence electrons. The van der Waals surface area contributed by atoms with Gasteiger partial charge in [-0.05, 0) is 11.6 Å². The van der Waals surface area contributed by atoms with E-state index in [-0.39, 0.29) is 18.4 Å². The highest BCUT2D eigenvalue weighted by atomic mass is 16.3. The maximum atomic E-state index is 11.5. The monoisotopic (exact) mass is 234 g/mol. The molecule has 0 aromatic heterocycles. The van der Waals surface area contributed by atoms with Crippen LogP contribution in [0, 0.1) is 0 Å². The summed E-state index contributed by atoms with van der Waals surface area (Å²) in [6.45, 7) is 2.81. The predicted molar refractivity (Wildman–Crippen MR) is 66.7 cm³/mol. The van der Waals surface area contributed by atoms with Crippen molar-refractivity contribution in [3.8, 4) is 0 Å². The van der Waals surface area contributed by atoms with Crippen LogP contribution in [0.15, 0.2) is 24.3 Å². The molecule has 4 nitrogen and oxygen atoms in total. The number of hydrogen-bond acceptors (Lipinski definition) is 3. The number of benzene rings is 1. The molecule has 1 aromatic rings. The molecule has 1 saturated heterocycles. The maximum absolute atomic E-state index is 11.5. The molecule has 1 aliphatic heterocycles. The number of hydrazine groups is 1. The van der Waals surface area contributed by atoms with Crippen LogP contribution in [-0.4, -0.2) is 36.2 Å². The SMILES string of the molecule is CC(CO)c1ccccc1N1CCC(=O)N1C. The highest BCUT2D eigenvalue weighted by Gasteiger charge is 2.27. The van der Waals surface area contributed by atoms with Crippen molar-refractivity contribution in [2.24, 2.45) is 0 Å². The first-order valence-corrected chi connectivity index (χ1v) is 5.89. The molecule has 1 aromatic carbocycles. The highest BCUT2D eigenvalue weighted by Crippen LogP contribution is 2.30. The Kier molecular flexibility index (Phi) is 3.33. The van der Waals surface area contributed by atoms with Gasteiger partial charge in [0.05, 0.1) is 5.69 Å². The van der Waals surface area contributed by atoms with Gasteiger partial charge in [0.25, 0.3) is 0 Å². The number of aliphatic hydroxyl groups excluding tert-OH is 1. The lowest BCUT2D eigenvalue weighted by atomic mass is 10.00. The number of para-hydroxylation sites is 1. The van der Waals surface area contributed by atoms with E-state index in [4.69, 9.17) is 0 Å². The normalized spacial score (nSPS) is 17.7.